The largest absolute Gasteiger partial charge is 0.371 e. The van der Waals surface area contributed by atoms with Gasteiger partial charge in [0.25, 0.3) is 0 Å². The summed E-state index contributed by atoms with van der Waals surface area (Å²) in [5, 5.41) is 7.00. The van der Waals surface area contributed by atoms with Gasteiger partial charge in [0.2, 0.25) is 5.91 Å². The molecule has 1 aromatic carbocycles. The Morgan fingerprint density at radius 2 is 1.61 bits per heavy atom. The fourth-order valence-corrected chi connectivity index (χ4v) is 2.30. The SMILES string of the molecule is CC(C)NC(=O)C(C)Nc1c(Cl)cc(Cl)cc1Cl. The number of rotatable bonds is 4. The minimum absolute atomic E-state index is 0.0814. The van der Waals surface area contributed by atoms with E-state index in [4.69, 9.17) is 34.8 Å². The number of carbonyl (C=O) groups excluding carboxylic acids is 1. The van der Waals surface area contributed by atoms with Crippen LogP contribution in [0.1, 0.15) is 20.8 Å². The third-order valence-corrected chi connectivity index (χ3v) is 3.01. The molecule has 0 radical (unpaired) electrons. The van der Waals surface area contributed by atoms with E-state index in [0.717, 1.165) is 0 Å². The average molecular weight is 310 g/mol. The van der Waals surface area contributed by atoms with Gasteiger partial charge in [0.15, 0.2) is 0 Å². The Morgan fingerprint density at radius 3 is 2.06 bits per heavy atom. The molecular formula is C12H15Cl3N2O. The molecule has 1 atom stereocenters. The third-order valence-electron chi connectivity index (χ3n) is 2.19. The van der Waals surface area contributed by atoms with Gasteiger partial charge < -0.3 is 10.6 Å². The smallest absolute Gasteiger partial charge is 0.242 e. The Kier molecular flexibility index (Phi) is 5.57. The second-order valence-electron chi connectivity index (χ2n) is 4.27. The zero-order chi connectivity index (χ0) is 13.9. The summed E-state index contributed by atoms with van der Waals surface area (Å²) in [5.41, 5.74) is 0.508. The van der Waals surface area contributed by atoms with Crippen LogP contribution < -0.4 is 10.6 Å². The summed E-state index contributed by atoms with van der Waals surface area (Å²) < 4.78 is 0. The highest BCUT2D eigenvalue weighted by atomic mass is 35.5. The molecule has 3 nitrogen and oxygen atoms in total. The topological polar surface area (TPSA) is 41.1 Å². The minimum Gasteiger partial charge on any atom is -0.371 e. The fourth-order valence-electron chi connectivity index (χ4n) is 1.37. The number of amides is 1. The van der Waals surface area contributed by atoms with Crippen molar-refractivity contribution in [2.75, 3.05) is 5.32 Å². The van der Waals surface area contributed by atoms with Crippen molar-refractivity contribution < 1.29 is 4.79 Å². The first kappa shape index (κ1) is 15.4. The van der Waals surface area contributed by atoms with Crippen LogP contribution in [0.25, 0.3) is 0 Å². The molecule has 1 amide bonds. The van der Waals surface area contributed by atoms with Crippen molar-refractivity contribution in [2.45, 2.75) is 32.9 Å². The summed E-state index contributed by atoms with van der Waals surface area (Å²) in [6.45, 7) is 5.53. The predicted molar refractivity (Wildman–Crippen MR) is 77.8 cm³/mol. The molecule has 0 heterocycles. The molecule has 0 aliphatic heterocycles. The second kappa shape index (κ2) is 6.50. The Hall–Kier alpha value is -0.640. The number of carbonyl (C=O) groups is 1. The zero-order valence-electron chi connectivity index (χ0n) is 10.4. The number of nitrogens with one attached hydrogen (secondary N) is 2. The second-order valence-corrected chi connectivity index (χ2v) is 5.52. The average Bonchev–Trinajstić information content (AvgIpc) is 2.21. The van der Waals surface area contributed by atoms with Crippen molar-refractivity contribution in [1.29, 1.82) is 0 Å². The summed E-state index contributed by atoms with van der Waals surface area (Å²) in [7, 11) is 0. The normalized spacial score (nSPS) is 12.4. The monoisotopic (exact) mass is 308 g/mol. The molecular weight excluding hydrogens is 295 g/mol. The molecule has 0 spiro atoms. The Balaban J connectivity index is 2.82. The van der Waals surface area contributed by atoms with E-state index < -0.39 is 6.04 Å². The van der Waals surface area contributed by atoms with Gasteiger partial charge in [-0.1, -0.05) is 34.8 Å². The van der Waals surface area contributed by atoms with Crippen LogP contribution in [0.2, 0.25) is 15.1 Å². The zero-order valence-corrected chi connectivity index (χ0v) is 12.6. The quantitative estimate of drug-likeness (QED) is 0.883. The number of benzene rings is 1. The lowest BCUT2D eigenvalue weighted by Crippen LogP contribution is -2.41. The Bertz CT molecular complexity index is 426. The molecule has 0 bridgehead atoms. The number of hydrogen-bond acceptors (Lipinski definition) is 2. The van der Waals surface area contributed by atoms with E-state index in [2.05, 4.69) is 10.6 Å². The lowest BCUT2D eigenvalue weighted by atomic mass is 10.2. The summed E-state index contributed by atoms with van der Waals surface area (Å²) in [6.07, 6.45) is 0. The maximum absolute atomic E-state index is 11.8. The van der Waals surface area contributed by atoms with Crippen LogP contribution in [0.15, 0.2) is 12.1 Å². The van der Waals surface area contributed by atoms with Gasteiger partial charge in [-0.15, -0.1) is 0 Å². The van der Waals surface area contributed by atoms with E-state index in [1.165, 1.54) is 0 Å². The van der Waals surface area contributed by atoms with Gasteiger partial charge in [0, 0.05) is 11.1 Å². The molecule has 2 N–H and O–H groups in total. The predicted octanol–water partition coefficient (Wildman–Crippen LogP) is 3.97. The van der Waals surface area contributed by atoms with Crippen LogP contribution in [-0.2, 0) is 4.79 Å². The van der Waals surface area contributed by atoms with E-state index in [0.29, 0.717) is 20.8 Å². The molecule has 18 heavy (non-hydrogen) atoms. The summed E-state index contributed by atoms with van der Waals surface area (Å²) in [4.78, 5) is 11.8. The van der Waals surface area contributed by atoms with Crippen LogP contribution in [0, 0.1) is 0 Å². The van der Waals surface area contributed by atoms with Crippen molar-refractivity contribution in [1.82, 2.24) is 5.32 Å². The van der Waals surface area contributed by atoms with Gasteiger partial charge >= 0.3 is 0 Å². The lowest BCUT2D eigenvalue weighted by molar-refractivity contribution is -0.122. The van der Waals surface area contributed by atoms with Gasteiger partial charge in [0.05, 0.1) is 15.7 Å². The van der Waals surface area contributed by atoms with Crippen LogP contribution in [0.5, 0.6) is 0 Å². The van der Waals surface area contributed by atoms with Crippen LogP contribution >= 0.6 is 34.8 Å². The van der Waals surface area contributed by atoms with Gasteiger partial charge in [0.1, 0.15) is 6.04 Å². The molecule has 6 heteroatoms. The molecule has 1 rings (SSSR count). The highest BCUT2D eigenvalue weighted by molar-refractivity contribution is 6.41. The molecule has 0 saturated heterocycles. The van der Waals surface area contributed by atoms with Crippen molar-refractivity contribution in [3.8, 4) is 0 Å². The Labute approximate surface area is 122 Å². The highest BCUT2D eigenvalue weighted by Gasteiger charge is 2.16. The van der Waals surface area contributed by atoms with E-state index in [9.17, 15) is 4.79 Å². The van der Waals surface area contributed by atoms with Crippen molar-refractivity contribution in [3.63, 3.8) is 0 Å². The van der Waals surface area contributed by atoms with Crippen molar-refractivity contribution in [3.05, 3.63) is 27.2 Å². The molecule has 0 aromatic heterocycles. The number of halogens is 3. The first-order valence-electron chi connectivity index (χ1n) is 5.52. The lowest BCUT2D eigenvalue weighted by Gasteiger charge is -2.18. The van der Waals surface area contributed by atoms with Crippen molar-refractivity contribution in [2.24, 2.45) is 0 Å². The van der Waals surface area contributed by atoms with Crippen LogP contribution in [0.3, 0.4) is 0 Å². The minimum atomic E-state index is -0.441. The molecule has 0 fully saturated rings. The van der Waals surface area contributed by atoms with Gasteiger partial charge in [-0.3, -0.25) is 4.79 Å². The molecule has 0 aliphatic carbocycles. The van der Waals surface area contributed by atoms with Crippen molar-refractivity contribution >= 4 is 46.4 Å². The number of anilines is 1. The van der Waals surface area contributed by atoms with E-state index in [-0.39, 0.29) is 11.9 Å². The highest BCUT2D eigenvalue weighted by Crippen LogP contribution is 2.34. The maximum atomic E-state index is 11.8. The summed E-state index contributed by atoms with van der Waals surface area (Å²) in [5.74, 6) is -0.118. The summed E-state index contributed by atoms with van der Waals surface area (Å²) >= 11 is 17.9. The molecule has 100 valence electrons. The van der Waals surface area contributed by atoms with Crippen LogP contribution in [-0.4, -0.2) is 18.0 Å². The standard InChI is InChI=1S/C12H15Cl3N2O/c1-6(2)16-12(18)7(3)17-11-9(14)4-8(13)5-10(11)15/h4-7,17H,1-3H3,(H,16,18). The van der Waals surface area contributed by atoms with E-state index in [1.807, 2.05) is 13.8 Å². The van der Waals surface area contributed by atoms with Gasteiger partial charge in [-0.25, -0.2) is 0 Å². The Morgan fingerprint density at radius 1 is 1.11 bits per heavy atom. The van der Waals surface area contributed by atoms with Gasteiger partial charge in [-0.05, 0) is 32.9 Å². The van der Waals surface area contributed by atoms with E-state index in [1.54, 1.807) is 19.1 Å². The fraction of sp³-hybridized carbons (Fsp3) is 0.417. The molecule has 1 unspecified atom stereocenters. The molecule has 1 aromatic rings. The van der Waals surface area contributed by atoms with Crippen LogP contribution in [0.4, 0.5) is 5.69 Å². The third kappa shape index (κ3) is 4.23. The molecule has 0 saturated carbocycles. The summed E-state index contributed by atoms with van der Waals surface area (Å²) in [6, 6.07) is 2.79. The number of hydrogen-bond donors (Lipinski definition) is 2. The maximum Gasteiger partial charge on any atom is 0.242 e. The van der Waals surface area contributed by atoms with E-state index >= 15 is 0 Å². The first-order chi connectivity index (χ1) is 8.31. The molecule has 0 aliphatic rings. The first-order valence-corrected chi connectivity index (χ1v) is 6.66. The van der Waals surface area contributed by atoms with Gasteiger partial charge in [-0.2, -0.15) is 0 Å².